The van der Waals surface area contributed by atoms with E-state index in [1.807, 2.05) is 0 Å². The molecule has 0 bridgehead atoms. The number of nitrogens with one attached hydrogen (secondary N) is 1. The van der Waals surface area contributed by atoms with Crippen LogP contribution in [0.4, 0.5) is 5.82 Å². The lowest BCUT2D eigenvalue weighted by Gasteiger charge is -2.02. The highest BCUT2D eigenvalue weighted by molar-refractivity contribution is 8.13. The number of amides is 1. The Kier molecular flexibility index (Phi) is 6.05. The molecule has 1 N–H and O–H groups in total. The molecular weight excluding hydrogens is 328 g/mol. The number of nitro groups is 1. The van der Waals surface area contributed by atoms with Gasteiger partial charge in [-0.05, 0) is 11.3 Å². The second kappa shape index (κ2) is 7.33. The maximum absolute atomic E-state index is 11.6. The number of aromatic nitrogens is 2. The van der Waals surface area contributed by atoms with E-state index in [9.17, 15) is 23.3 Å². The fourth-order valence-electron chi connectivity index (χ4n) is 1.42. The summed E-state index contributed by atoms with van der Waals surface area (Å²) in [5.74, 6) is -1.39. The Morgan fingerprint density at radius 1 is 1.62 bits per heavy atom. The number of hydrogen-bond acceptors (Lipinski definition) is 7. The van der Waals surface area contributed by atoms with E-state index in [2.05, 4.69) is 10.4 Å². The molecule has 0 radical (unpaired) electrons. The lowest BCUT2D eigenvalue weighted by atomic mass is 10.4. The number of methoxy groups -OCH3 is 1. The molecule has 0 saturated heterocycles. The molecule has 0 aliphatic rings. The van der Waals surface area contributed by atoms with Crippen LogP contribution in [-0.4, -0.2) is 49.3 Å². The first-order chi connectivity index (χ1) is 9.75. The first-order valence-corrected chi connectivity index (χ1v) is 7.98. The van der Waals surface area contributed by atoms with Gasteiger partial charge in [0.1, 0.15) is 6.54 Å². The first kappa shape index (κ1) is 17.3. The Labute approximate surface area is 124 Å². The molecule has 1 amide bonds. The summed E-state index contributed by atoms with van der Waals surface area (Å²) >= 11 is 0. The minimum atomic E-state index is -4.32. The monoisotopic (exact) mass is 340 g/mol. The number of carbonyl (C=O) groups excluding carboxylic acids is 1. The number of nitrogens with zero attached hydrogens (tertiary/aromatic N) is 3. The van der Waals surface area contributed by atoms with Crippen LogP contribution < -0.4 is 5.32 Å². The van der Waals surface area contributed by atoms with Crippen molar-refractivity contribution < 1.29 is 22.9 Å². The number of ether oxygens (including phenoxy) is 1. The Morgan fingerprint density at radius 3 is 2.76 bits per heavy atom. The Bertz CT molecular complexity index is 628. The molecule has 0 aromatic carbocycles. The fourth-order valence-corrected chi connectivity index (χ4v) is 2.33. The fraction of sp³-hybridized carbons (Fsp3) is 0.556. The van der Waals surface area contributed by atoms with Gasteiger partial charge in [-0.15, -0.1) is 0 Å². The SMILES string of the molecule is COCCCNC(=O)Cn1cc(S(=O)(=O)Cl)c([N+](=O)[O-])n1. The van der Waals surface area contributed by atoms with Gasteiger partial charge in [-0.2, -0.15) is 4.68 Å². The van der Waals surface area contributed by atoms with Gasteiger partial charge in [0.15, 0.2) is 0 Å². The molecular formula is C9H13ClN4O6S. The van der Waals surface area contributed by atoms with Crippen molar-refractivity contribution in [1.82, 2.24) is 15.1 Å². The molecule has 0 aliphatic carbocycles. The number of hydrogen-bond donors (Lipinski definition) is 1. The van der Waals surface area contributed by atoms with Gasteiger partial charge in [0.2, 0.25) is 10.8 Å². The van der Waals surface area contributed by atoms with Crippen molar-refractivity contribution >= 4 is 31.5 Å². The van der Waals surface area contributed by atoms with Crippen LogP contribution in [0, 0.1) is 10.1 Å². The molecule has 118 valence electrons. The minimum absolute atomic E-state index is 0.358. The lowest BCUT2D eigenvalue weighted by molar-refractivity contribution is -0.392. The summed E-state index contributed by atoms with van der Waals surface area (Å²) in [6.45, 7) is 0.471. The van der Waals surface area contributed by atoms with Crippen LogP contribution >= 0.6 is 10.7 Å². The number of rotatable bonds is 8. The first-order valence-electron chi connectivity index (χ1n) is 5.68. The zero-order valence-corrected chi connectivity index (χ0v) is 12.6. The van der Waals surface area contributed by atoms with Gasteiger partial charge in [0.25, 0.3) is 9.05 Å². The molecule has 0 atom stereocenters. The summed E-state index contributed by atoms with van der Waals surface area (Å²) in [5.41, 5.74) is 0. The van der Waals surface area contributed by atoms with E-state index in [1.165, 1.54) is 7.11 Å². The molecule has 1 aromatic heterocycles. The average molecular weight is 341 g/mol. The number of halogens is 1. The van der Waals surface area contributed by atoms with Crippen molar-refractivity contribution in [2.45, 2.75) is 17.9 Å². The molecule has 0 spiro atoms. The van der Waals surface area contributed by atoms with Crippen LogP contribution in [0.15, 0.2) is 11.1 Å². The standard InChI is InChI=1S/C9H13ClN4O6S/c1-20-4-2-3-11-8(15)6-13-5-7(21(10,18)19)9(12-13)14(16)17/h5H,2-4,6H2,1H3,(H,11,15). The van der Waals surface area contributed by atoms with E-state index in [-0.39, 0.29) is 6.54 Å². The van der Waals surface area contributed by atoms with E-state index in [0.29, 0.717) is 19.6 Å². The van der Waals surface area contributed by atoms with Crippen molar-refractivity contribution in [3.8, 4) is 0 Å². The van der Waals surface area contributed by atoms with Crippen LogP contribution in [0.1, 0.15) is 6.42 Å². The molecule has 0 unspecified atom stereocenters. The van der Waals surface area contributed by atoms with Crippen molar-refractivity contribution in [3.05, 3.63) is 16.3 Å². The molecule has 1 heterocycles. The average Bonchev–Trinajstić information content (AvgIpc) is 2.78. The minimum Gasteiger partial charge on any atom is -0.385 e. The summed E-state index contributed by atoms with van der Waals surface area (Å²) in [6, 6.07) is 0. The molecule has 21 heavy (non-hydrogen) atoms. The maximum atomic E-state index is 11.6. The quantitative estimate of drug-likeness (QED) is 0.301. The second-order valence-electron chi connectivity index (χ2n) is 3.91. The molecule has 12 heteroatoms. The van der Waals surface area contributed by atoms with E-state index < -0.39 is 30.6 Å². The Balaban J connectivity index is 2.77. The van der Waals surface area contributed by atoms with Crippen molar-refractivity contribution in [2.24, 2.45) is 0 Å². The summed E-state index contributed by atoms with van der Waals surface area (Å²) in [6.07, 6.45) is 1.44. The molecule has 1 aromatic rings. The predicted octanol–water partition coefficient (Wildman–Crippen LogP) is -0.129. The Hall–Kier alpha value is -1.72. The van der Waals surface area contributed by atoms with Gasteiger partial charge < -0.3 is 20.2 Å². The van der Waals surface area contributed by atoms with Crippen LogP contribution in [0.2, 0.25) is 0 Å². The summed E-state index contributed by atoms with van der Waals surface area (Å²) in [4.78, 5) is 20.5. The smallest absolute Gasteiger partial charge is 0.385 e. The van der Waals surface area contributed by atoms with Gasteiger partial charge in [-0.3, -0.25) is 4.79 Å². The zero-order chi connectivity index (χ0) is 16.0. The van der Waals surface area contributed by atoms with Crippen molar-refractivity contribution in [1.29, 1.82) is 0 Å². The third-order valence-electron chi connectivity index (χ3n) is 2.30. The van der Waals surface area contributed by atoms with Gasteiger partial charge in [0.05, 0.1) is 11.3 Å². The van der Waals surface area contributed by atoms with E-state index in [0.717, 1.165) is 10.9 Å². The zero-order valence-electron chi connectivity index (χ0n) is 11.0. The summed E-state index contributed by atoms with van der Waals surface area (Å²) < 4.78 is 28.0. The van der Waals surface area contributed by atoms with Crippen LogP contribution in [0.25, 0.3) is 0 Å². The normalized spacial score (nSPS) is 11.3. The molecule has 0 fully saturated rings. The van der Waals surface area contributed by atoms with Crippen molar-refractivity contribution in [2.75, 3.05) is 20.3 Å². The Morgan fingerprint density at radius 2 is 2.29 bits per heavy atom. The van der Waals surface area contributed by atoms with E-state index >= 15 is 0 Å². The van der Waals surface area contributed by atoms with Gasteiger partial charge >= 0.3 is 5.82 Å². The maximum Gasteiger partial charge on any atom is 0.410 e. The highest BCUT2D eigenvalue weighted by Gasteiger charge is 2.30. The van der Waals surface area contributed by atoms with Gasteiger partial charge in [-0.25, -0.2) is 8.42 Å². The third-order valence-corrected chi connectivity index (χ3v) is 3.61. The molecule has 1 rings (SSSR count). The topological polar surface area (TPSA) is 133 Å². The highest BCUT2D eigenvalue weighted by atomic mass is 35.7. The van der Waals surface area contributed by atoms with Gasteiger partial charge in [0, 0.05) is 30.9 Å². The van der Waals surface area contributed by atoms with Crippen LogP contribution in [-0.2, 0) is 25.1 Å². The highest BCUT2D eigenvalue weighted by Crippen LogP contribution is 2.24. The van der Waals surface area contributed by atoms with Crippen LogP contribution in [0.5, 0.6) is 0 Å². The number of carbonyl (C=O) groups is 1. The van der Waals surface area contributed by atoms with Gasteiger partial charge in [-0.1, -0.05) is 0 Å². The van der Waals surface area contributed by atoms with Crippen molar-refractivity contribution in [3.63, 3.8) is 0 Å². The summed E-state index contributed by atoms with van der Waals surface area (Å²) in [7, 11) is 2.28. The predicted molar refractivity (Wildman–Crippen MR) is 71.4 cm³/mol. The van der Waals surface area contributed by atoms with Crippen LogP contribution in [0.3, 0.4) is 0 Å². The molecule has 10 nitrogen and oxygen atoms in total. The van der Waals surface area contributed by atoms with E-state index in [4.69, 9.17) is 15.4 Å². The largest absolute Gasteiger partial charge is 0.410 e. The summed E-state index contributed by atoms with van der Waals surface area (Å²) in [5, 5.41) is 16.7. The third kappa shape index (κ3) is 5.28. The lowest BCUT2D eigenvalue weighted by Crippen LogP contribution is -2.29. The molecule has 0 aliphatic heterocycles. The second-order valence-corrected chi connectivity index (χ2v) is 6.44. The van der Waals surface area contributed by atoms with E-state index in [1.54, 1.807) is 0 Å². The molecule has 0 saturated carbocycles.